The molecule has 0 saturated heterocycles. The fraction of sp³-hybridized carbons (Fsp3) is 0.333. The molecule has 1 aliphatic rings. The van der Waals surface area contributed by atoms with Gasteiger partial charge in [-0.2, -0.15) is 5.10 Å². The largest absolute Gasteiger partial charge is 0.311 e. The van der Waals surface area contributed by atoms with Gasteiger partial charge in [0.25, 0.3) is 0 Å². The molecule has 72 valence electrons. The molecule has 3 rings (SSSR count). The predicted molar refractivity (Wildman–Crippen MR) is 53.4 cm³/mol. The highest BCUT2D eigenvalue weighted by Gasteiger charge is 2.16. The first-order valence-electron chi connectivity index (χ1n) is 4.57. The lowest BCUT2D eigenvalue weighted by Crippen LogP contribution is -2.23. The van der Waals surface area contributed by atoms with E-state index in [1.165, 1.54) is 5.56 Å². The second kappa shape index (κ2) is 2.93. The molecule has 2 aromatic rings. The predicted octanol–water partition coefficient (Wildman–Crippen LogP) is 1.03. The Morgan fingerprint density at radius 2 is 2.43 bits per heavy atom. The molecule has 1 aliphatic heterocycles. The van der Waals surface area contributed by atoms with Crippen LogP contribution in [0.5, 0.6) is 0 Å². The van der Waals surface area contributed by atoms with Gasteiger partial charge >= 0.3 is 0 Å². The summed E-state index contributed by atoms with van der Waals surface area (Å²) in [5.74, 6) is 0. The molecule has 3 heterocycles. The molecule has 0 saturated carbocycles. The smallest absolute Gasteiger partial charge is 0.158 e. The second-order valence-electron chi connectivity index (χ2n) is 3.39. The maximum atomic E-state index is 5.84. The zero-order chi connectivity index (χ0) is 9.54. The zero-order valence-corrected chi connectivity index (χ0v) is 8.25. The SMILES string of the molecule is Clc1cnc2c3c(nn2c1)CNCC3. The number of rotatable bonds is 0. The van der Waals surface area contributed by atoms with Crippen molar-refractivity contribution in [2.45, 2.75) is 13.0 Å². The van der Waals surface area contributed by atoms with Crippen LogP contribution >= 0.6 is 11.6 Å². The maximum absolute atomic E-state index is 5.84. The highest BCUT2D eigenvalue weighted by Crippen LogP contribution is 2.18. The number of hydrogen-bond acceptors (Lipinski definition) is 3. The Balaban J connectivity index is 2.31. The number of aromatic nitrogens is 3. The summed E-state index contributed by atoms with van der Waals surface area (Å²) in [5, 5.41) is 8.32. The summed E-state index contributed by atoms with van der Waals surface area (Å²) in [6.07, 6.45) is 4.45. The Kier molecular flexibility index (Phi) is 1.72. The minimum Gasteiger partial charge on any atom is -0.311 e. The highest BCUT2D eigenvalue weighted by molar-refractivity contribution is 6.30. The quantitative estimate of drug-likeness (QED) is 0.703. The summed E-state index contributed by atoms with van der Waals surface area (Å²) in [5.41, 5.74) is 3.28. The Morgan fingerprint density at radius 1 is 1.50 bits per heavy atom. The van der Waals surface area contributed by atoms with Crippen LogP contribution in [0.2, 0.25) is 5.02 Å². The lowest BCUT2D eigenvalue weighted by Gasteiger charge is -2.09. The van der Waals surface area contributed by atoms with Gasteiger partial charge in [-0.15, -0.1) is 0 Å². The average molecular weight is 209 g/mol. The zero-order valence-electron chi connectivity index (χ0n) is 7.50. The van der Waals surface area contributed by atoms with Gasteiger partial charge in [0.05, 0.1) is 16.9 Å². The van der Waals surface area contributed by atoms with Gasteiger partial charge in [-0.1, -0.05) is 11.6 Å². The van der Waals surface area contributed by atoms with Crippen LogP contribution in [-0.4, -0.2) is 21.1 Å². The molecule has 0 radical (unpaired) electrons. The second-order valence-corrected chi connectivity index (χ2v) is 3.83. The van der Waals surface area contributed by atoms with Crippen molar-refractivity contribution in [3.63, 3.8) is 0 Å². The molecule has 1 N–H and O–H groups in total. The van der Waals surface area contributed by atoms with Crippen molar-refractivity contribution in [1.29, 1.82) is 0 Å². The van der Waals surface area contributed by atoms with Crippen molar-refractivity contribution >= 4 is 17.2 Å². The molecule has 5 heteroatoms. The Bertz CT molecular complexity index is 491. The van der Waals surface area contributed by atoms with Gasteiger partial charge in [0.2, 0.25) is 0 Å². The van der Waals surface area contributed by atoms with Crippen molar-refractivity contribution in [3.05, 3.63) is 28.7 Å². The van der Waals surface area contributed by atoms with E-state index in [4.69, 9.17) is 11.6 Å². The van der Waals surface area contributed by atoms with Gasteiger partial charge < -0.3 is 5.32 Å². The van der Waals surface area contributed by atoms with Crippen LogP contribution in [0.15, 0.2) is 12.4 Å². The number of nitrogens with one attached hydrogen (secondary N) is 1. The van der Waals surface area contributed by atoms with Crippen LogP contribution in [-0.2, 0) is 13.0 Å². The summed E-state index contributed by atoms with van der Waals surface area (Å²) >= 11 is 5.84. The van der Waals surface area contributed by atoms with E-state index in [2.05, 4.69) is 15.4 Å². The molecule has 0 aliphatic carbocycles. The maximum Gasteiger partial charge on any atom is 0.158 e. The summed E-state index contributed by atoms with van der Waals surface area (Å²) in [4.78, 5) is 4.29. The number of hydrogen-bond donors (Lipinski definition) is 1. The van der Waals surface area contributed by atoms with E-state index in [1.54, 1.807) is 16.9 Å². The van der Waals surface area contributed by atoms with Crippen molar-refractivity contribution in [2.24, 2.45) is 0 Å². The molecular formula is C9H9ClN4. The van der Waals surface area contributed by atoms with Gasteiger partial charge in [0, 0.05) is 18.3 Å². The van der Waals surface area contributed by atoms with Gasteiger partial charge in [0.1, 0.15) is 0 Å². The van der Waals surface area contributed by atoms with E-state index >= 15 is 0 Å². The standard InChI is InChI=1S/C9H9ClN4/c10-6-3-12-9-7-1-2-11-4-8(7)13-14(9)5-6/h3,5,11H,1-2,4H2. The molecule has 4 nitrogen and oxygen atoms in total. The van der Waals surface area contributed by atoms with Crippen LogP contribution in [0.25, 0.3) is 5.65 Å². The molecule has 0 fully saturated rings. The van der Waals surface area contributed by atoms with Crippen molar-refractivity contribution in [1.82, 2.24) is 19.9 Å². The number of nitrogens with zero attached hydrogens (tertiary/aromatic N) is 3. The molecule has 0 bridgehead atoms. The highest BCUT2D eigenvalue weighted by atomic mass is 35.5. The van der Waals surface area contributed by atoms with E-state index < -0.39 is 0 Å². The lowest BCUT2D eigenvalue weighted by atomic mass is 10.1. The summed E-state index contributed by atoms with van der Waals surface area (Å²) in [6.45, 7) is 1.83. The van der Waals surface area contributed by atoms with Crippen molar-refractivity contribution in [2.75, 3.05) is 6.54 Å². The molecule has 0 unspecified atom stereocenters. The van der Waals surface area contributed by atoms with Crippen molar-refractivity contribution in [3.8, 4) is 0 Å². The Labute approximate surface area is 85.9 Å². The van der Waals surface area contributed by atoms with E-state index in [0.29, 0.717) is 5.02 Å². The van der Waals surface area contributed by atoms with Crippen LogP contribution in [0.1, 0.15) is 11.3 Å². The molecule has 0 atom stereocenters. The fourth-order valence-electron chi connectivity index (χ4n) is 1.82. The summed E-state index contributed by atoms with van der Waals surface area (Å²) < 4.78 is 1.76. The molecule has 0 aromatic carbocycles. The van der Waals surface area contributed by atoms with Crippen LogP contribution in [0.3, 0.4) is 0 Å². The third-order valence-corrected chi connectivity index (χ3v) is 2.66. The first kappa shape index (κ1) is 8.20. The molecule has 2 aromatic heterocycles. The Hall–Kier alpha value is -1.13. The number of fused-ring (bicyclic) bond motifs is 3. The van der Waals surface area contributed by atoms with E-state index in [0.717, 1.165) is 30.9 Å². The Morgan fingerprint density at radius 3 is 3.36 bits per heavy atom. The molecule has 14 heavy (non-hydrogen) atoms. The first-order chi connectivity index (χ1) is 6.84. The van der Waals surface area contributed by atoms with E-state index in [-0.39, 0.29) is 0 Å². The average Bonchev–Trinajstić information content (AvgIpc) is 2.54. The third-order valence-electron chi connectivity index (χ3n) is 2.46. The minimum absolute atomic E-state index is 0.616. The molecule has 0 spiro atoms. The first-order valence-corrected chi connectivity index (χ1v) is 4.95. The third kappa shape index (κ3) is 1.11. The van der Waals surface area contributed by atoms with Gasteiger partial charge in [-0.3, -0.25) is 0 Å². The monoisotopic (exact) mass is 208 g/mol. The topological polar surface area (TPSA) is 42.2 Å². The normalized spacial score (nSPS) is 15.8. The van der Waals surface area contributed by atoms with E-state index in [9.17, 15) is 0 Å². The van der Waals surface area contributed by atoms with E-state index in [1.807, 2.05) is 0 Å². The summed E-state index contributed by atoms with van der Waals surface area (Å²) in [7, 11) is 0. The van der Waals surface area contributed by atoms with Crippen LogP contribution in [0.4, 0.5) is 0 Å². The van der Waals surface area contributed by atoms with Gasteiger partial charge in [-0.25, -0.2) is 9.50 Å². The minimum atomic E-state index is 0.616. The molecule has 0 amide bonds. The van der Waals surface area contributed by atoms with Crippen LogP contribution in [0, 0.1) is 0 Å². The van der Waals surface area contributed by atoms with Gasteiger partial charge in [0.15, 0.2) is 5.65 Å². The number of halogens is 1. The van der Waals surface area contributed by atoms with Gasteiger partial charge in [-0.05, 0) is 13.0 Å². The van der Waals surface area contributed by atoms with Crippen molar-refractivity contribution < 1.29 is 0 Å². The van der Waals surface area contributed by atoms with Crippen LogP contribution < -0.4 is 5.32 Å². The fourth-order valence-corrected chi connectivity index (χ4v) is 1.96. The summed E-state index contributed by atoms with van der Waals surface area (Å²) in [6, 6.07) is 0. The molecular weight excluding hydrogens is 200 g/mol. The lowest BCUT2D eigenvalue weighted by molar-refractivity contribution is 0.631.